The van der Waals surface area contributed by atoms with Gasteiger partial charge in [0.15, 0.2) is 0 Å². The summed E-state index contributed by atoms with van der Waals surface area (Å²) in [5.41, 5.74) is 8.25. The Morgan fingerprint density at radius 3 is 2.68 bits per heavy atom. The van der Waals surface area contributed by atoms with Crippen molar-refractivity contribution in [3.05, 3.63) is 45.4 Å². The van der Waals surface area contributed by atoms with Gasteiger partial charge in [-0.25, -0.2) is 4.98 Å². The number of aryl methyl sites for hydroxylation is 2. The molecule has 0 saturated heterocycles. The van der Waals surface area contributed by atoms with Crippen molar-refractivity contribution in [2.45, 2.75) is 39.8 Å². The molecule has 0 saturated carbocycles. The topological polar surface area (TPSA) is 48.1 Å². The lowest BCUT2D eigenvalue weighted by Crippen LogP contribution is -2.10. The Balaban J connectivity index is 2.11. The second-order valence-electron chi connectivity index (χ2n) is 4.59. The number of thiazole rings is 1. The number of hydrogen-bond acceptors (Lipinski definition) is 4. The normalized spacial score (nSPS) is 12.4. The van der Waals surface area contributed by atoms with Gasteiger partial charge >= 0.3 is 0 Å². The van der Waals surface area contributed by atoms with Crippen molar-refractivity contribution in [3.8, 4) is 5.75 Å². The molecular weight excluding hydrogens is 256 g/mol. The van der Waals surface area contributed by atoms with Crippen molar-refractivity contribution in [1.82, 2.24) is 4.98 Å². The van der Waals surface area contributed by atoms with Gasteiger partial charge < -0.3 is 10.5 Å². The van der Waals surface area contributed by atoms with E-state index in [4.69, 9.17) is 10.5 Å². The standard InChI is InChI=1S/C15H20N2OS/c1-4-13(16)12-7-5-6-8-14(12)18-9-15-17-10(2)11(3)19-15/h5-8,13H,4,9,16H2,1-3H3/t13-/m1/s1. The van der Waals surface area contributed by atoms with Crippen LogP contribution < -0.4 is 10.5 Å². The van der Waals surface area contributed by atoms with Gasteiger partial charge in [-0.15, -0.1) is 11.3 Å². The molecule has 102 valence electrons. The van der Waals surface area contributed by atoms with E-state index in [1.54, 1.807) is 11.3 Å². The van der Waals surface area contributed by atoms with Crippen molar-refractivity contribution in [2.24, 2.45) is 5.73 Å². The van der Waals surface area contributed by atoms with Crippen LogP contribution in [-0.4, -0.2) is 4.98 Å². The highest BCUT2D eigenvalue weighted by Gasteiger charge is 2.11. The highest BCUT2D eigenvalue weighted by molar-refractivity contribution is 7.11. The summed E-state index contributed by atoms with van der Waals surface area (Å²) in [6.45, 7) is 6.69. The van der Waals surface area contributed by atoms with Gasteiger partial charge in [-0.2, -0.15) is 0 Å². The molecule has 3 nitrogen and oxygen atoms in total. The van der Waals surface area contributed by atoms with Gasteiger partial charge in [0.1, 0.15) is 17.4 Å². The zero-order chi connectivity index (χ0) is 13.8. The molecule has 0 fully saturated rings. The van der Waals surface area contributed by atoms with Crippen LogP contribution in [0.3, 0.4) is 0 Å². The average molecular weight is 276 g/mol. The first kappa shape index (κ1) is 14.0. The quantitative estimate of drug-likeness (QED) is 0.904. The summed E-state index contributed by atoms with van der Waals surface area (Å²) in [5.74, 6) is 0.863. The fourth-order valence-electron chi connectivity index (χ4n) is 1.88. The summed E-state index contributed by atoms with van der Waals surface area (Å²) < 4.78 is 5.88. The molecule has 0 aliphatic heterocycles. The Kier molecular flexibility index (Phi) is 4.56. The van der Waals surface area contributed by atoms with Crippen molar-refractivity contribution in [3.63, 3.8) is 0 Å². The van der Waals surface area contributed by atoms with Crippen LogP contribution in [0, 0.1) is 13.8 Å². The monoisotopic (exact) mass is 276 g/mol. The predicted octanol–water partition coefficient (Wildman–Crippen LogP) is 3.75. The first-order chi connectivity index (χ1) is 9.11. The number of aromatic nitrogens is 1. The Hall–Kier alpha value is -1.39. The van der Waals surface area contributed by atoms with E-state index in [9.17, 15) is 0 Å². The summed E-state index contributed by atoms with van der Waals surface area (Å²) in [6.07, 6.45) is 0.899. The number of rotatable bonds is 5. The van der Waals surface area contributed by atoms with Crippen LogP contribution in [0.1, 0.15) is 40.5 Å². The summed E-state index contributed by atoms with van der Waals surface area (Å²) in [6, 6.07) is 7.99. The van der Waals surface area contributed by atoms with E-state index < -0.39 is 0 Å². The Morgan fingerprint density at radius 1 is 1.32 bits per heavy atom. The lowest BCUT2D eigenvalue weighted by atomic mass is 10.0. The minimum atomic E-state index is 0.0240. The average Bonchev–Trinajstić information content (AvgIpc) is 2.75. The van der Waals surface area contributed by atoms with E-state index >= 15 is 0 Å². The first-order valence-corrected chi connectivity index (χ1v) is 7.33. The molecule has 2 aromatic rings. The third-order valence-corrected chi connectivity index (χ3v) is 4.23. The minimum Gasteiger partial charge on any atom is -0.486 e. The van der Waals surface area contributed by atoms with E-state index in [1.165, 1.54) is 4.88 Å². The summed E-state index contributed by atoms with van der Waals surface area (Å²) in [4.78, 5) is 5.73. The number of benzene rings is 1. The fraction of sp³-hybridized carbons (Fsp3) is 0.400. The summed E-state index contributed by atoms with van der Waals surface area (Å²) in [7, 11) is 0. The van der Waals surface area contributed by atoms with Gasteiger partial charge in [-0.3, -0.25) is 0 Å². The second kappa shape index (κ2) is 6.17. The molecule has 1 aromatic heterocycles. The van der Waals surface area contributed by atoms with Crippen LogP contribution in [-0.2, 0) is 6.61 Å². The highest BCUT2D eigenvalue weighted by atomic mass is 32.1. The Labute approximate surface area is 118 Å². The smallest absolute Gasteiger partial charge is 0.140 e. The van der Waals surface area contributed by atoms with Gasteiger partial charge in [-0.1, -0.05) is 25.1 Å². The maximum Gasteiger partial charge on any atom is 0.140 e. The summed E-state index contributed by atoms with van der Waals surface area (Å²) in [5, 5.41) is 1.01. The SMILES string of the molecule is CC[C@@H](N)c1ccccc1OCc1nc(C)c(C)s1. The van der Waals surface area contributed by atoms with Crippen LogP contribution in [0.5, 0.6) is 5.75 Å². The van der Waals surface area contributed by atoms with Gasteiger partial charge in [0.2, 0.25) is 0 Å². The van der Waals surface area contributed by atoms with Crippen LogP contribution in [0.15, 0.2) is 24.3 Å². The molecule has 0 bridgehead atoms. The van der Waals surface area contributed by atoms with Gasteiger partial charge in [0.05, 0.1) is 5.69 Å². The third kappa shape index (κ3) is 3.33. The molecule has 0 radical (unpaired) electrons. The van der Waals surface area contributed by atoms with Gasteiger partial charge in [-0.05, 0) is 26.3 Å². The van der Waals surface area contributed by atoms with Crippen molar-refractivity contribution in [1.29, 1.82) is 0 Å². The van der Waals surface area contributed by atoms with Crippen LogP contribution >= 0.6 is 11.3 Å². The minimum absolute atomic E-state index is 0.0240. The molecular formula is C15H20N2OS. The Bertz CT molecular complexity index is 531. The maximum atomic E-state index is 6.10. The molecule has 0 aliphatic rings. The van der Waals surface area contributed by atoms with E-state index in [0.29, 0.717) is 6.61 Å². The number of para-hydroxylation sites is 1. The molecule has 0 unspecified atom stereocenters. The van der Waals surface area contributed by atoms with Crippen LogP contribution in [0.25, 0.3) is 0 Å². The summed E-state index contributed by atoms with van der Waals surface area (Å²) >= 11 is 1.69. The number of nitrogens with zero attached hydrogens (tertiary/aromatic N) is 1. The zero-order valence-corrected chi connectivity index (χ0v) is 12.5. The molecule has 1 heterocycles. The van der Waals surface area contributed by atoms with Crippen molar-refractivity contribution >= 4 is 11.3 Å². The molecule has 2 rings (SSSR count). The molecule has 0 spiro atoms. The highest BCUT2D eigenvalue weighted by Crippen LogP contribution is 2.27. The fourth-order valence-corrected chi connectivity index (χ4v) is 2.73. The number of ether oxygens (including phenoxy) is 1. The van der Waals surface area contributed by atoms with E-state index in [2.05, 4.69) is 18.8 Å². The maximum absolute atomic E-state index is 6.10. The molecule has 1 aromatic carbocycles. The largest absolute Gasteiger partial charge is 0.486 e. The van der Waals surface area contributed by atoms with Gasteiger partial charge in [0, 0.05) is 16.5 Å². The van der Waals surface area contributed by atoms with E-state index in [0.717, 1.165) is 28.4 Å². The first-order valence-electron chi connectivity index (χ1n) is 6.52. The Morgan fingerprint density at radius 2 is 2.05 bits per heavy atom. The second-order valence-corrected chi connectivity index (χ2v) is 5.88. The van der Waals surface area contributed by atoms with E-state index in [1.807, 2.05) is 31.2 Å². The van der Waals surface area contributed by atoms with Crippen LogP contribution in [0.4, 0.5) is 0 Å². The lowest BCUT2D eigenvalue weighted by molar-refractivity contribution is 0.300. The molecule has 2 N–H and O–H groups in total. The molecule has 19 heavy (non-hydrogen) atoms. The van der Waals surface area contributed by atoms with Crippen molar-refractivity contribution in [2.75, 3.05) is 0 Å². The van der Waals surface area contributed by atoms with Gasteiger partial charge in [0.25, 0.3) is 0 Å². The predicted molar refractivity (Wildman–Crippen MR) is 79.6 cm³/mol. The lowest BCUT2D eigenvalue weighted by Gasteiger charge is -2.14. The molecule has 4 heteroatoms. The zero-order valence-electron chi connectivity index (χ0n) is 11.6. The molecule has 0 amide bonds. The molecule has 0 aliphatic carbocycles. The van der Waals surface area contributed by atoms with Crippen molar-refractivity contribution < 1.29 is 4.74 Å². The van der Waals surface area contributed by atoms with Crippen LogP contribution in [0.2, 0.25) is 0 Å². The number of hydrogen-bond donors (Lipinski definition) is 1. The third-order valence-electron chi connectivity index (χ3n) is 3.18. The van der Waals surface area contributed by atoms with E-state index in [-0.39, 0.29) is 6.04 Å². The molecule has 1 atom stereocenters. The number of nitrogens with two attached hydrogens (primary N) is 1.